The van der Waals surface area contributed by atoms with Gasteiger partial charge in [0.2, 0.25) is 0 Å². The molecule has 1 heterocycles. The maximum absolute atomic E-state index is 14.5. The van der Waals surface area contributed by atoms with E-state index in [1.807, 2.05) is 24.3 Å². The van der Waals surface area contributed by atoms with Crippen LogP contribution >= 0.6 is 0 Å². The second-order valence-electron chi connectivity index (χ2n) is 5.28. The van der Waals surface area contributed by atoms with Crippen LogP contribution in [0.1, 0.15) is 18.1 Å². The first-order valence-corrected chi connectivity index (χ1v) is 9.51. The molecule has 0 fully saturated rings. The zero-order valence-electron chi connectivity index (χ0n) is 12.6. The van der Waals surface area contributed by atoms with Crippen molar-refractivity contribution in [3.05, 3.63) is 88.7 Å². The predicted molar refractivity (Wildman–Crippen MR) is 96.0 cm³/mol. The Kier molecular flexibility index (Phi) is 4.42. The van der Waals surface area contributed by atoms with Crippen LogP contribution in [-0.4, -0.2) is 15.0 Å². The first-order chi connectivity index (χ1) is 10.7. The van der Waals surface area contributed by atoms with Crippen LogP contribution in [0.5, 0.6) is 0 Å². The van der Waals surface area contributed by atoms with Crippen molar-refractivity contribution in [1.29, 1.82) is 0 Å². The molecule has 0 amide bonds. The van der Waals surface area contributed by atoms with E-state index in [1.54, 1.807) is 6.07 Å². The number of hydrogen-bond acceptors (Lipinski definition) is 0. The summed E-state index contributed by atoms with van der Waals surface area (Å²) in [5.41, 5.74) is 4.02. The molecule has 0 saturated heterocycles. The number of aryl methyl sites for hydroxylation is 1. The summed E-state index contributed by atoms with van der Waals surface area (Å²) in [6, 6.07) is 13.9. The molecule has 1 aliphatic rings. The average molecular weight is 357 g/mol. The normalized spacial score (nSPS) is 15.5. The third-order valence-electron chi connectivity index (χ3n) is 3.88. The van der Waals surface area contributed by atoms with Gasteiger partial charge in [-0.25, -0.2) is 0 Å². The fourth-order valence-corrected chi connectivity index (χ4v) is 4.81. The molecule has 22 heavy (non-hydrogen) atoms. The minimum atomic E-state index is -0.436. The van der Waals surface area contributed by atoms with Crippen LogP contribution in [0, 0.1) is 5.82 Å². The van der Waals surface area contributed by atoms with Gasteiger partial charge in [-0.1, -0.05) is 0 Å². The van der Waals surface area contributed by atoms with E-state index in [2.05, 4.69) is 43.8 Å². The van der Waals surface area contributed by atoms with E-state index in [9.17, 15) is 4.39 Å². The summed E-state index contributed by atoms with van der Waals surface area (Å²) in [5.74, 6) is -0.134. The molecule has 0 nitrogen and oxygen atoms in total. The van der Waals surface area contributed by atoms with Crippen molar-refractivity contribution in [2.45, 2.75) is 13.3 Å². The van der Waals surface area contributed by atoms with Gasteiger partial charge in [0.15, 0.2) is 0 Å². The van der Waals surface area contributed by atoms with Crippen molar-refractivity contribution in [3.63, 3.8) is 0 Å². The van der Waals surface area contributed by atoms with E-state index in [-0.39, 0.29) is 5.82 Å². The van der Waals surface area contributed by atoms with Crippen molar-refractivity contribution in [3.8, 4) is 11.1 Å². The molecule has 112 valence electrons. The summed E-state index contributed by atoms with van der Waals surface area (Å²) < 4.78 is 16.9. The number of allylic oxidation sites excluding steroid dienone is 4. The molecule has 0 bridgehead atoms. The zero-order valence-corrected chi connectivity index (χ0v) is 14.7. The minimum absolute atomic E-state index is 0.134. The molecular weight excluding hydrogens is 338 g/mol. The summed E-state index contributed by atoms with van der Waals surface area (Å²) in [7, 11) is 0. The Balaban J connectivity index is 1.87. The van der Waals surface area contributed by atoms with Crippen LogP contribution in [0.3, 0.4) is 0 Å². The van der Waals surface area contributed by atoms with Gasteiger partial charge in [-0.15, -0.1) is 0 Å². The molecule has 0 spiro atoms. The van der Waals surface area contributed by atoms with Gasteiger partial charge in [-0.2, -0.15) is 0 Å². The molecule has 0 aliphatic carbocycles. The molecule has 0 N–H and O–H groups in total. The summed E-state index contributed by atoms with van der Waals surface area (Å²) in [6.07, 6.45) is 6.99. The van der Waals surface area contributed by atoms with Gasteiger partial charge >= 0.3 is 137 Å². The molecule has 2 aromatic rings. The Morgan fingerprint density at radius 1 is 1.05 bits per heavy atom. The van der Waals surface area contributed by atoms with E-state index >= 15 is 0 Å². The van der Waals surface area contributed by atoms with Crippen LogP contribution < -0.4 is 0 Å². The second kappa shape index (κ2) is 6.48. The van der Waals surface area contributed by atoms with Crippen molar-refractivity contribution >= 4 is 19.4 Å². The summed E-state index contributed by atoms with van der Waals surface area (Å²) >= 11 is -0.436. The summed E-state index contributed by atoms with van der Waals surface area (Å²) in [5, 5.41) is 0. The Hall–Kier alpha value is -1.89. The van der Waals surface area contributed by atoms with Gasteiger partial charge in [0.05, 0.1) is 0 Å². The van der Waals surface area contributed by atoms with E-state index in [4.69, 9.17) is 0 Å². The Bertz CT molecular complexity index is 767. The zero-order chi connectivity index (χ0) is 15.5. The maximum atomic E-state index is 14.5. The molecule has 0 unspecified atom stereocenters. The van der Waals surface area contributed by atoms with Gasteiger partial charge in [0.25, 0.3) is 0 Å². The predicted octanol–water partition coefficient (Wildman–Crippen LogP) is 4.65. The number of benzene rings is 2. The van der Waals surface area contributed by atoms with Gasteiger partial charge in [-0.3, -0.25) is 0 Å². The van der Waals surface area contributed by atoms with Crippen molar-refractivity contribution in [1.82, 2.24) is 0 Å². The molecule has 0 radical (unpaired) electrons. The van der Waals surface area contributed by atoms with Crippen molar-refractivity contribution < 1.29 is 4.39 Å². The van der Waals surface area contributed by atoms with Crippen LogP contribution in [0.4, 0.5) is 4.39 Å². The standard InChI is InChI=1S/C20H19FSe/c1-3-14-5-7-15(8-6-14)16-9-11-18(19(21)13-16)20-12-10-17(4-2)22-20/h4-13H,2-3,22H2,1H3. The third-order valence-corrected chi connectivity index (χ3v) is 6.75. The molecule has 2 heteroatoms. The molecular formula is C20H19FSe. The number of rotatable bonds is 4. The fourth-order valence-electron chi connectivity index (χ4n) is 2.53. The van der Waals surface area contributed by atoms with Crippen LogP contribution in [0.25, 0.3) is 15.6 Å². The quantitative estimate of drug-likeness (QED) is 0.699. The van der Waals surface area contributed by atoms with Gasteiger partial charge in [0.1, 0.15) is 0 Å². The topological polar surface area (TPSA) is 0 Å². The van der Waals surface area contributed by atoms with E-state index in [0.29, 0.717) is 0 Å². The third kappa shape index (κ3) is 2.99. The van der Waals surface area contributed by atoms with E-state index in [1.165, 1.54) is 10.0 Å². The van der Waals surface area contributed by atoms with Crippen LogP contribution in [0.15, 0.2) is 71.7 Å². The van der Waals surface area contributed by atoms with Gasteiger partial charge in [0, 0.05) is 0 Å². The van der Waals surface area contributed by atoms with E-state index in [0.717, 1.165) is 27.6 Å². The number of hydrogen-bond donors (Lipinski definition) is 0. The fraction of sp³-hybridized carbons (Fsp3) is 0.100. The monoisotopic (exact) mass is 358 g/mol. The van der Waals surface area contributed by atoms with Gasteiger partial charge in [-0.05, 0) is 0 Å². The summed E-state index contributed by atoms with van der Waals surface area (Å²) in [4.78, 5) is 0. The van der Waals surface area contributed by atoms with Crippen molar-refractivity contribution in [2.75, 3.05) is 0 Å². The van der Waals surface area contributed by atoms with E-state index < -0.39 is 15.0 Å². The summed E-state index contributed by atoms with van der Waals surface area (Å²) in [6.45, 7) is 5.93. The molecule has 0 atom stereocenters. The number of halogens is 1. The van der Waals surface area contributed by atoms with Crippen molar-refractivity contribution in [2.24, 2.45) is 0 Å². The molecule has 2 aromatic carbocycles. The second-order valence-corrected chi connectivity index (χ2v) is 8.14. The molecule has 1 aliphatic heterocycles. The SMILES string of the molecule is C=CC1=CC=C(c2ccc(-c3ccc(CC)cc3)cc2F)[SeH2]1. The van der Waals surface area contributed by atoms with Crippen LogP contribution in [-0.2, 0) is 6.42 Å². The Morgan fingerprint density at radius 2 is 1.77 bits per heavy atom. The first kappa shape index (κ1) is 15.0. The average Bonchev–Trinajstić information content (AvgIpc) is 3.03. The molecule has 3 rings (SSSR count). The van der Waals surface area contributed by atoms with Crippen LogP contribution in [0.2, 0.25) is 0 Å². The molecule has 0 saturated carbocycles. The van der Waals surface area contributed by atoms with Gasteiger partial charge < -0.3 is 0 Å². The first-order valence-electron chi connectivity index (χ1n) is 7.42. The Morgan fingerprint density at radius 3 is 2.36 bits per heavy atom. The Labute approximate surface area is 137 Å². The molecule has 0 aromatic heterocycles.